The summed E-state index contributed by atoms with van der Waals surface area (Å²) in [5.41, 5.74) is 9.16. The number of aliphatic hydroxyl groups excluding tert-OH is 1. The van der Waals surface area contributed by atoms with Gasteiger partial charge in [0, 0.05) is 29.1 Å². The van der Waals surface area contributed by atoms with Crippen LogP contribution in [0.5, 0.6) is 0 Å². The lowest BCUT2D eigenvalue weighted by molar-refractivity contribution is 0.151. The molecule has 5 rings (SSSR count). The van der Waals surface area contributed by atoms with Gasteiger partial charge >= 0.3 is 0 Å². The molecule has 3 heterocycles. The fraction of sp³-hybridized carbons (Fsp3) is 0.0870. The molecule has 154 valence electrons. The number of aliphatic hydroxyl groups is 1. The van der Waals surface area contributed by atoms with Gasteiger partial charge in [0.25, 0.3) is 0 Å². The molecule has 3 aromatic heterocycles. The molecule has 5 aromatic rings. The van der Waals surface area contributed by atoms with Crippen LogP contribution < -0.4 is 5.73 Å². The lowest BCUT2D eigenvalue weighted by Crippen LogP contribution is -2.08. The second-order valence-electron chi connectivity index (χ2n) is 7.23. The van der Waals surface area contributed by atoms with Gasteiger partial charge in [-0.05, 0) is 23.3 Å². The standard InChI is InChI=1S/C23H19FN6O/c24-22-18(16-9-10-30-21(11-16)27-23(25)28-30)7-4-8-19(22)17-12-26-29(13-17)14-20(31)15-5-2-1-3-6-15/h1-13,20,31H,14H2,(H2,25,28). The van der Waals surface area contributed by atoms with E-state index in [9.17, 15) is 5.11 Å². The summed E-state index contributed by atoms with van der Waals surface area (Å²) >= 11 is 0. The number of hydrogen-bond acceptors (Lipinski definition) is 5. The molecule has 0 spiro atoms. The Morgan fingerprint density at radius 2 is 1.77 bits per heavy atom. The van der Waals surface area contributed by atoms with E-state index in [0.29, 0.717) is 27.9 Å². The highest BCUT2D eigenvalue weighted by molar-refractivity contribution is 5.75. The van der Waals surface area contributed by atoms with E-state index in [-0.39, 0.29) is 18.3 Å². The van der Waals surface area contributed by atoms with Gasteiger partial charge in [0.05, 0.1) is 18.8 Å². The average molecular weight is 414 g/mol. The van der Waals surface area contributed by atoms with E-state index >= 15 is 4.39 Å². The van der Waals surface area contributed by atoms with Crippen molar-refractivity contribution in [2.24, 2.45) is 0 Å². The molecule has 0 fully saturated rings. The van der Waals surface area contributed by atoms with Crippen molar-refractivity contribution < 1.29 is 9.50 Å². The van der Waals surface area contributed by atoms with E-state index in [4.69, 9.17) is 5.73 Å². The number of aromatic nitrogens is 5. The Kier molecular flexibility index (Phi) is 4.68. The second-order valence-corrected chi connectivity index (χ2v) is 7.23. The van der Waals surface area contributed by atoms with Crippen LogP contribution in [0.3, 0.4) is 0 Å². The first-order chi connectivity index (χ1) is 15.1. The number of rotatable bonds is 5. The second kappa shape index (κ2) is 7.66. The van der Waals surface area contributed by atoms with Gasteiger partial charge in [-0.3, -0.25) is 4.68 Å². The number of hydrogen-bond donors (Lipinski definition) is 2. The number of fused-ring (bicyclic) bond motifs is 1. The highest BCUT2D eigenvalue weighted by Crippen LogP contribution is 2.31. The summed E-state index contributed by atoms with van der Waals surface area (Å²) in [7, 11) is 0. The Morgan fingerprint density at radius 1 is 1.00 bits per heavy atom. The quantitative estimate of drug-likeness (QED) is 0.457. The summed E-state index contributed by atoms with van der Waals surface area (Å²) in [4.78, 5) is 4.14. The number of benzene rings is 2. The van der Waals surface area contributed by atoms with Crippen molar-refractivity contribution in [3.8, 4) is 22.3 Å². The molecular formula is C23H19FN6O. The van der Waals surface area contributed by atoms with E-state index in [0.717, 1.165) is 5.56 Å². The summed E-state index contributed by atoms with van der Waals surface area (Å²) in [6.45, 7) is 0.274. The first kappa shape index (κ1) is 19.0. The summed E-state index contributed by atoms with van der Waals surface area (Å²) < 4.78 is 18.6. The first-order valence-electron chi connectivity index (χ1n) is 9.75. The molecule has 0 aliphatic heterocycles. The highest BCUT2D eigenvalue weighted by atomic mass is 19.1. The highest BCUT2D eigenvalue weighted by Gasteiger charge is 2.15. The predicted octanol–water partition coefficient (Wildman–Crippen LogP) is 3.71. The third kappa shape index (κ3) is 3.64. The third-order valence-corrected chi connectivity index (χ3v) is 5.15. The molecule has 0 aliphatic rings. The number of anilines is 1. The maximum absolute atomic E-state index is 15.4. The molecule has 0 bridgehead atoms. The van der Waals surface area contributed by atoms with Gasteiger partial charge in [0.2, 0.25) is 5.95 Å². The molecule has 0 amide bonds. The molecule has 31 heavy (non-hydrogen) atoms. The minimum Gasteiger partial charge on any atom is -0.386 e. The Hall–Kier alpha value is -4.04. The molecule has 0 radical (unpaired) electrons. The van der Waals surface area contributed by atoms with Crippen LogP contribution in [0.25, 0.3) is 27.9 Å². The Balaban J connectivity index is 1.45. The normalized spacial score (nSPS) is 12.3. The van der Waals surface area contributed by atoms with Crippen LogP contribution in [-0.2, 0) is 6.54 Å². The van der Waals surface area contributed by atoms with Crippen LogP contribution in [-0.4, -0.2) is 29.5 Å². The van der Waals surface area contributed by atoms with E-state index in [1.54, 1.807) is 58.1 Å². The SMILES string of the molecule is Nc1nc2cc(-c3cccc(-c4cnn(CC(O)c5ccccc5)c4)c3F)ccn2n1. The third-order valence-electron chi connectivity index (χ3n) is 5.15. The summed E-state index contributed by atoms with van der Waals surface area (Å²) in [5.74, 6) is -0.195. The number of halogens is 1. The zero-order valence-electron chi connectivity index (χ0n) is 16.4. The molecule has 2 aromatic carbocycles. The molecule has 0 aliphatic carbocycles. The number of pyridine rings is 1. The zero-order valence-corrected chi connectivity index (χ0v) is 16.4. The lowest BCUT2D eigenvalue weighted by Gasteiger charge is -2.11. The fourth-order valence-electron chi connectivity index (χ4n) is 3.60. The van der Waals surface area contributed by atoms with Crippen LogP contribution in [0, 0.1) is 5.82 Å². The van der Waals surface area contributed by atoms with Crippen molar-refractivity contribution in [3.05, 3.63) is 90.6 Å². The van der Waals surface area contributed by atoms with E-state index in [1.807, 2.05) is 30.3 Å². The molecular weight excluding hydrogens is 395 g/mol. The summed E-state index contributed by atoms with van der Waals surface area (Å²) in [6.07, 6.45) is 4.33. The molecule has 0 saturated heterocycles. The van der Waals surface area contributed by atoms with E-state index < -0.39 is 6.10 Å². The molecule has 7 nitrogen and oxygen atoms in total. The van der Waals surface area contributed by atoms with Crippen LogP contribution in [0.1, 0.15) is 11.7 Å². The Labute approximate surface area is 177 Å². The maximum Gasteiger partial charge on any atom is 0.240 e. The van der Waals surface area contributed by atoms with Gasteiger partial charge in [-0.15, -0.1) is 5.10 Å². The van der Waals surface area contributed by atoms with Crippen LogP contribution >= 0.6 is 0 Å². The number of nitrogens with two attached hydrogens (primary N) is 1. The number of nitrogens with zero attached hydrogens (tertiary/aromatic N) is 5. The molecule has 1 unspecified atom stereocenters. The molecule has 1 atom stereocenters. The van der Waals surface area contributed by atoms with Crippen molar-refractivity contribution in [2.75, 3.05) is 5.73 Å². The first-order valence-corrected chi connectivity index (χ1v) is 9.75. The van der Waals surface area contributed by atoms with Gasteiger partial charge < -0.3 is 10.8 Å². The number of nitrogen functional groups attached to an aromatic ring is 1. The Bertz CT molecular complexity index is 1360. The smallest absolute Gasteiger partial charge is 0.240 e. The van der Waals surface area contributed by atoms with Gasteiger partial charge in [-0.2, -0.15) is 10.1 Å². The Morgan fingerprint density at radius 3 is 2.58 bits per heavy atom. The predicted molar refractivity (Wildman–Crippen MR) is 115 cm³/mol. The largest absolute Gasteiger partial charge is 0.386 e. The minimum atomic E-state index is -0.701. The van der Waals surface area contributed by atoms with Crippen molar-refractivity contribution in [2.45, 2.75) is 12.6 Å². The molecule has 3 N–H and O–H groups in total. The molecule has 8 heteroatoms. The minimum absolute atomic E-state index is 0.163. The van der Waals surface area contributed by atoms with E-state index in [1.165, 1.54) is 0 Å². The monoisotopic (exact) mass is 414 g/mol. The summed E-state index contributed by atoms with van der Waals surface area (Å²) in [6, 6.07) is 18.1. The fourth-order valence-corrected chi connectivity index (χ4v) is 3.60. The van der Waals surface area contributed by atoms with Crippen LogP contribution in [0.15, 0.2) is 79.3 Å². The van der Waals surface area contributed by atoms with Crippen molar-refractivity contribution in [1.82, 2.24) is 24.4 Å². The van der Waals surface area contributed by atoms with Crippen molar-refractivity contribution in [3.63, 3.8) is 0 Å². The zero-order chi connectivity index (χ0) is 21.4. The lowest BCUT2D eigenvalue weighted by atomic mass is 10.0. The van der Waals surface area contributed by atoms with Crippen LogP contribution in [0.2, 0.25) is 0 Å². The maximum atomic E-state index is 15.4. The van der Waals surface area contributed by atoms with Crippen molar-refractivity contribution in [1.29, 1.82) is 0 Å². The van der Waals surface area contributed by atoms with Gasteiger partial charge in [0.1, 0.15) is 5.82 Å². The molecule has 0 saturated carbocycles. The van der Waals surface area contributed by atoms with Crippen LogP contribution in [0.4, 0.5) is 10.3 Å². The summed E-state index contributed by atoms with van der Waals surface area (Å²) in [5, 5.41) is 18.8. The van der Waals surface area contributed by atoms with Gasteiger partial charge in [0.15, 0.2) is 5.65 Å². The van der Waals surface area contributed by atoms with Crippen molar-refractivity contribution >= 4 is 11.6 Å². The van der Waals surface area contributed by atoms with E-state index in [2.05, 4.69) is 15.2 Å². The average Bonchev–Trinajstić information content (AvgIpc) is 3.39. The van der Waals surface area contributed by atoms with Gasteiger partial charge in [-0.25, -0.2) is 8.91 Å². The van der Waals surface area contributed by atoms with Gasteiger partial charge in [-0.1, -0.05) is 48.5 Å². The topological polar surface area (TPSA) is 94.3 Å².